The van der Waals surface area contributed by atoms with Crippen LogP contribution in [0.3, 0.4) is 0 Å². The third-order valence-corrected chi connectivity index (χ3v) is 3.30. The number of hydrogen-bond donors (Lipinski definition) is 3. The summed E-state index contributed by atoms with van der Waals surface area (Å²) in [4.78, 5) is 0. The van der Waals surface area contributed by atoms with Crippen molar-refractivity contribution in [3.63, 3.8) is 0 Å². The first-order valence-corrected chi connectivity index (χ1v) is 6.59. The molecule has 0 spiro atoms. The summed E-state index contributed by atoms with van der Waals surface area (Å²) < 4.78 is 5.19. The Labute approximate surface area is 124 Å². The fourth-order valence-corrected chi connectivity index (χ4v) is 2.04. The van der Waals surface area contributed by atoms with E-state index in [0.29, 0.717) is 12.1 Å². The van der Waals surface area contributed by atoms with Gasteiger partial charge in [0.2, 0.25) is 0 Å². The predicted molar refractivity (Wildman–Crippen MR) is 84.0 cm³/mol. The summed E-state index contributed by atoms with van der Waals surface area (Å²) in [6.07, 6.45) is 0. The summed E-state index contributed by atoms with van der Waals surface area (Å²) in [6, 6.07) is 13.5. The number of aryl methyl sites for hydroxylation is 1. The smallest absolute Gasteiger partial charge is 0.170 e. The highest BCUT2D eigenvalue weighted by molar-refractivity contribution is 5.97. The molecule has 0 aromatic heterocycles. The molecule has 0 aliphatic carbocycles. The Hall–Kier alpha value is -2.69. The van der Waals surface area contributed by atoms with E-state index in [1.54, 1.807) is 7.11 Å². The van der Waals surface area contributed by atoms with E-state index in [1.807, 2.05) is 49.4 Å². The molecule has 0 aliphatic heterocycles. The molecule has 21 heavy (non-hydrogen) atoms. The van der Waals surface area contributed by atoms with Crippen LogP contribution in [0.25, 0.3) is 0 Å². The lowest BCUT2D eigenvalue weighted by Gasteiger charge is -2.11. The van der Waals surface area contributed by atoms with Gasteiger partial charge in [-0.15, -0.1) is 0 Å². The van der Waals surface area contributed by atoms with Crippen LogP contribution in [0.1, 0.15) is 16.7 Å². The molecule has 0 atom stereocenters. The second-order valence-electron chi connectivity index (χ2n) is 4.71. The summed E-state index contributed by atoms with van der Waals surface area (Å²) in [5, 5.41) is 15.0. The highest BCUT2D eigenvalue weighted by atomic mass is 16.5. The highest BCUT2D eigenvalue weighted by Crippen LogP contribution is 2.18. The number of nitrogens with two attached hydrogens (primary N) is 1. The molecule has 0 bridgehead atoms. The lowest BCUT2D eigenvalue weighted by atomic mass is 10.0. The van der Waals surface area contributed by atoms with Gasteiger partial charge in [-0.3, -0.25) is 0 Å². The summed E-state index contributed by atoms with van der Waals surface area (Å²) in [7, 11) is 1.65. The number of ether oxygens (including phenoxy) is 1. The number of nitrogens with one attached hydrogen (secondary N) is 1. The first-order chi connectivity index (χ1) is 10.1. The van der Waals surface area contributed by atoms with Gasteiger partial charge in [0, 0.05) is 23.9 Å². The molecule has 2 aromatic carbocycles. The minimum absolute atomic E-state index is 0.116. The molecule has 110 valence electrons. The van der Waals surface area contributed by atoms with Crippen LogP contribution in [0.2, 0.25) is 0 Å². The van der Waals surface area contributed by atoms with Crippen LogP contribution in [0.5, 0.6) is 5.75 Å². The van der Waals surface area contributed by atoms with Gasteiger partial charge in [-0.2, -0.15) is 0 Å². The average Bonchev–Trinajstić information content (AvgIpc) is 2.53. The van der Waals surface area contributed by atoms with E-state index in [4.69, 9.17) is 15.7 Å². The van der Waals surface area contributed by atoms with E-state index in [-0.39, 0.29) is 5.84 Å². The van der Waals surface area contributed by atoms with E-state index in [9.17, 15) is 0 Å². The first-order valence-electron chi connectivity index (χ1n) is 6.59. The van der Waals surface area contributed by atoms with E-state index < -0.39 is 0 Å². The third-order valence-electron chi connectivity index (χ3n) is 3.30. The summed E-state index contributed by atoms with van der Waals surface area (Å²) >= 11 is 0. The Morgan fingerprint density at radius 1 is 1.29 bits per heavy atom. The molecule has 0 fully saturated rings. The van der Waals surface area contributed by atoms with Crippen LogP contribution in [0.4, 0.5) is 5.69 Å². The lowest BCUT2D eigenvalue weighted by Crippen LogP contribution is -2.13. The largest absolute Gasteiger partial charge is 0.497 e. The molecule has 5 heteroatoms. The minimum atomic E-state index is 0.116. The molecule has 0 amide bonds. The minimum Gasteiger partial charge on any atom is -0.497 e. The number of oxime groups is 1. The van der Waals surface area contributed by atoms with Crippen LogP contribution < -0.4 is 15.8 Å². The quantitative estimate of drug-likeness (QED) is 0.341. The number of rotatable bonds is 5. The molecule has 0 saturated carbocycles. The van der Waals surface area contributed by atoms with Crippen molar-refractivity contribution in [2.75, 3.05) is 12.4 Å². The Balaban J connectivity index is 2.09. The number of benzene rings is 2. The fourth-order valence-electron chi connectivity index (χ4n) is 2.04. The average molecular weight is 285 g/mol. The van der Waals surface area contributed by atoms with E-state index in [0.717, 1.165) is 22.6 Å². The molecule has 0 unspecified atom stereocenters. The predicted octanol–water partition coefficient (Wildman–Crippen LogP) is 2.71. The zero-order chi connectivity index (χ0) is 15.2. The maximum atomic E-state index is 8.69. The van der Waals surface area contributed by atoms with Crippen LogP contribution in [-0.4, -0.2) is 18.2 Å². The molecule has 0 aliphatic rings. The molecule has 2 rings (SSSR count). The Kier molecular flexibility index (Phi) is 4.66. The standard InChI is InChI=1S/C16H19N3O2/c1-11-8-12(16(17)19-20)6-7-13(11)10-18-14-4-3-5-15(9-14)21-2/h3-9,18,20H,10H2,1-2H3,(H2,17,19). The Morgan fingerprint density at radius 3 is 2.76 bits per heavy atom. The fraction of sp³-hybridized carbons (Fsp3) is 0.188. The zero-order valence-corrected chi connectivity index (χ0v) is 12.1. The molecule has 0 heterocycles. The van der Waals surface area contributed by atoms with Gasteiger partial charge in [-0.05, 0) is 36.2 Å². The van der Waals surface area contributed by atoms with Gasteiger partial charge in [-0.1, -0.05) is 23.4 Å². The van der Waals surface area contributed by atoms with Gasteiger partial charge in [0.15, 0.2) is 5.84 Å². The SMILES string of the molecule is COc1cccc(NCc2ccc(/C(N)=N/O)cc2C)c1. The molecule has 4 N–H and O–H groups in total. The maximum absolute atomic E-state index is 8.69. The van der Waals surface area contributed by atoms with Crippen molar-refractivity contribution >= 4 is 11.5 Å². The summed E-state index contributed by atoms with van der Waals surface area (Å²) in [6.45, 7) is 2.69. The molecule has 0 saturated heterocycles. The Bertz CT molecular complexity index is 654. The van der Waals surface area contributed by atoms with Gasteiger partial charge in [0.25, 0.3) is 0 Å². The molecule has 5 nitrogen and oxygen atoms in total. The summed E-state index contributed by atoms with van der Waals surface area (Å²) in [5.74, 6) is 0.935. The van der Waals surface area contributed by atoms with Crippen LogP contribution in [0, 0.1) is 6.92 Å². The van der Waals surface area contributed by atoms with E-state index in [1.165, 1.54) is 0 Å². The van der Waals surface area contributed by atoms with Crippen molar-refractivity contribution in [3.05, 3.63) is 59.2 Å². The maximum Gasteiger partial charge on any atom is 0.170 e. The van der Waals surface area contributed by atoms with E-state index in [2.05, 4.69) is 10.5 Å². The van der Waals surface area contributed by atoms with Gasteiger partial charge in [0.1, 0.15) is 5.75 Å². The second-order valence-corrected chi connectivity index (χ2v) is 4.71. The first kappa shape index (κ1) is 14.7. The van der Waals surface area contributed by atoms with Crippen molar-refractivity contribution < 1.29 is 9.94 Å². The molecular weight excluding hydrogens is 266 g/mol. The van der Waals surface area contributed by atoms with Gasteiger partial charge < -0.3 is 21.0 Å². The molecule has 0 radical (unpaired) electrons. The van der Waals surface area contributed by atoms with Gasteiger partial charge in [-0.25, -0.2) is 0 Å². The van der Waals surface area contributed by atoms with Crippen LogP contribution in [0.15, 0.2) is 47.6 Å². The highest BCUT2D eigenvalue weighted by Gasteiger charge is 2.04. The number of nitrogens with zero attached hydrogens (tertiary/aromatic N) is 1. The van der Waals surface area contributed by atoms with Crippen molar-refractivity contribution in [2.24, 2.45) is 10.9 Å². The van der Waals surface area contributed by atoms with Gasteiger partial charge in [0.05, 0.1) is 7.11 Å². The number of amidine groups is 1. The van der Waals surface area contributed by atoms with Crippen LogP contribution in [-0.2, 0) is 6.54 Å². The van der Waals surface area contributed by atoms with Crippen molar-refractivity contribution in [3.8, 4) is 5.75 Å². The van der Waals surface area contributed by atoms with Crippen LogP contribution >= 0.6 is 0 Å². The number of methoxy groups -OCH3 is 1. The second kappa shape index (κ2) is 6.65. The third kappa shape index (κ3) is 3.66. The van der Waals surface area contributed by atoms with Crippen molar-refractivity contribution in [1.82, 2.24) is 0 Å². The van der Waals surface area contributed by atoms with Gasteiger partial charge >= 0.3 is 0 Å². The molecule has 2 aromatic rings. The number of anilines is 1. The zero-order valence-electron chi connectivity index (χ0n) is 12.1. The number of hydrogen-bond acceptors (Lipinski definition) is 4. The van der Waals surface area contributed by atoms with Crippen molar-refractivity contribution in [1.29, 1.82) is 0 Å². The lowest BCUT2D eigenvalue weighted by molar-refractivity contribution is 0.318. The van der Waals surface area contributed by atoms with E-state index >= 15 is 0 Å². The molecular formula is C16H19N3O2. The monoisotopic (exact) mass is 285 g/mol. The summed E-state index contributed by atoms with van der Waals surface area (Å²) in [5.41, 5.74) is 9.51. The van der Waals surface area contributed by atoms with Crippen molar-refractivity contribution in [2.45, 2.75) is 13.5 Å². The topological polar surface area (TPSA) is 79.9 Å². The Morgan fingerprint density at radius 2 is 2.10 bits per heavy atom. The normalized spacial score (nSPS) is 11.2.